The highest BCUT2D eigenvalue weighted by Gasteiger charge is 2.16. The SMILES string of the molecule is C[C@H](COC1CCCCO1)C[C@@H](C)CC=O. The summed E-state index contributed by atoms with van der Waals surface area (Å²) in [7, 11) is 0. The van der Waals surface area contributed by atoms with Gasteiger partial charge in [0.2, 0.25) is 0 Å². The third-order valence-electron chi connectivity index (χ3n) is 3.01. The van der Waals surface area contributed by atoms with Gasteiger partial charge in [0.15, 0.2) is 6.29 Å². The van der Waals surface area contributed by atoms with Gasteiger partial charge in [-0.05, 0) is 37.5 Å². The van der Waals surface area contributed by atoms with Gasteiger partial charge in [-0.1, -0.05) is 13.8 Å². The van der Waals surface area contributed by atoms with Crippen LogP contribution in [0.25, 0.3) is 0 Å². The van der Waals surface area contributed by atoms with Crippen LogP contribution in [0.1, 0.15) is 46.0 Å². The first-order valence-corrected chi connectivity index (χ1v) is 6.39. The summed E-state index contributed by atoms with van der Waals surface area (Å²) in [5, 5.41) is 0. The van der Waals surface area contributed by atoms with Gasteiger partial charge in [-0.25, -0.2) is 0 Å². The van der Waals surface area contributed by atoms with E-state index < -0.39 is 0 Å². The van der Waals surface area contributed by atoms with E-state index in [1.54, 1.807) is 0 Å². The molecule has 3 heteroatoms. The summed E-state index contributed by atoms with van der Waals surface area (Å²) in [6, 6.07) is 0. The summed E-state index contributed by atoms with van der Waals surface area (Å²) in [4.78, 5) is 10.4. The lowest BCUT2D eigenvalue weighted by Gasteiger charge is -2.24. The number of hydrogen-bond donors (Lipinski definition) is 0. The molecular weight excluding hydrogens is 204 g/mol. The van der Waals surface area contributed by atoms with Gasteiger partial charge in [0.25, 0.3) is 0 Å². The first-order chi connectivity index (χ1) is 7.72. The molecule has 1 fully saturated rings. The Balaban J connectivity index is 2.08. The normalized spacial score (nSPS) is 25.0. The fraction of sp³-hybridized carbons (Fsp3) is 0.923. The average Bonchev–Trinajstić information content (AvgIpc) is 2.28. The summed E-state index contributed by atoms with van der Waals surface area (Å²) < 4.78 is 11.2. The lowest BCUT2D eigenvalue weighted by Crippen LogP contribution is -2.24. The van der Waals surface area contributed by atoms with E-state index in [2.05, 4.69) is 13.8 Å². The first kappa shape index (κ1) is 13.7. The molecule has 1 rings (SSSR count). The van der Waals surface area contributed by atoms with E-state index >= 15 is 0 Å². The molecule has 1 aliphatic rings. The predicted molar refractivity (Wildman–Crippen MR) is 63.2 cm³/mol. The highest BCUT2D eigenvalue weighted by molar-refractivity contribution is 5.49. The molecular formula is C13H24O3. The lowest BCUT2D eigenvalue weighted by molar-refractivity contribution is -0.168. The van der Waals surface area contributed by atoms with Crippen molar-refractivity contribution in [2.75, 3.05) is 13.2 Å². The van der Waals surface area contributed by atoms with Crippen molar-refractivity contribution in [3.63, 3.8) is 0 Å². The quantitative estimate of drug-likeness (QED) is 0.628. The van der Waals surface area contributed by atoms with Crippen LogP contribution < -0.4 is 0 Å². The van der Waals surface area contributed by atoms with E-state index in [9.17, 15) is 4.79 Å². The molecule has 1 aliphatic heterocycles. The molecule has 1 heterocycles. The molecule has 0 aromatic rings. The van der Waals surface area contributed by atoms with Crippen LogP contribution in [0, 0.1) is 11.8 Å². The maximum absolute atomic E-state index is 10.4. The molecule has 16 heavy (non-hydrogen) atoms. The molecule has 0 N–H and O–H groups in total. The molecule has 0 amide bonds. The number of ether oxygens (including phenoxy) is 2. The molecule has 0 aromatic carbocycles. The number of carbonyl (C=O) groups excluding carboxylic acids is 1. The number of aldehydes is 1. The monoisotopic (exact) mass is 228 g/mol. The minimum atomic E-state index is 0.0116. The Hall–Kier alpha value is -0.410. The van der Waals surface area contributed by atoms with Crippen LogP contribution in [0.3, 0.4) is 0 Å². The Kier molecular flexibility index (Phi) is 6.65. The highest BCUT2D eigenvalue weighted by atomic mass is 16.7. The Morgan fingerprint density at radius 2 is 2.19 bits per heavy atom. The van der Waals surface area contributed by atoms with Crippen molar-refractivity contribution < 1.29 is 14.3 Å². The molecule has 1 unspecified atom stereocenters. The van der Waals surface area contributed by atoms with Crippen molar-refractivity contribution >= 4 is 6.29 Å². The molecule has 0 radical (unpaired) electrons. The number of hydrogen-bond acceptors (Lipinski definition) is 3. The van der Waals surface area contributed by atoms with Gasteiger partial charge >= 0.3 is 0 Å². The zero-order chi connectivity index (χ0) is 11.8. The highest BCUT2D eigenvalue weighted by Crippen LogP contribution is 2.18. The average molecular weight is 228 g/mol. The fourth-order valence-electron chi connectivity index (χ4n) is 2.13. The van der Waals surface area contributed by atoms with Gasteiger partial charge in [-0.2, -0.15) is 0 Å². The van der Waals surface area contributed by atoms with Crippen molar-refractivity contribution in [3.05, 3.63) is 0 Å². The van der Waals surface area contributed by atoms with E-state index in [1.807, 2.05) is 0 Å². The van der Waals surface area contributed by atoms with E-state index in [4.69, 9.17) is 9.47 Å². The van der Waals surface area contributed by atoms with Crippen molar-refractivity contribution in [2.24, 2.45) is 11.8 Å². The van der Waals surface area contributed by atoms with Crippen molar-refractivity contribution in [3.8, 4) is 0 Å². The van der Waals surface area contributed by atoms with E-state index in [1.165, 1.54) is 6.42 Å². The summed E-state index contributed by atoms with van der Waals surface area (Å²) in [5.74, 6) is 0.962. The van der Waals surface area contributed by atoms with Gasteiger partial charge in [0, 0.05) is 13.0 Å². The second-order valence-electron chi connectivity index (χ2n) is 4.98. The van der Waals surface area contributed by atoms with Gasteiger partial charge in [0.1, 0.15) is 6.29 Å². The molecule has 1 saturated heterocycles. The maximum Gasteiger partial charge on any atom is 0.157 e. The summed E-state index contributed by atoms with van der Waals surface area (Å²) in [6.45, 7) is 5.86. The van der Waals surface area contributed by atoms with Gasteiger partial charge < -0.3 is 14.3 Å². The predicted octanol–water partition coefficient (Wildman–Crippen LogP) is 2.78. The maximum atomic E-state index is 10.4. The Morgan fingerprint density at radius 3 is 2.81 bits per heavy atom. The van der Waals surface area contributed by atoms with Crippen LogP contribution in [0.15, 0.2) is 0 Å². The van der Waals surface area contributed by atoms with Crippen LogP contribution >= 0.6 is 0 Å². The zero-order valence-corrected chi connectivity index (χ0v) is 10.5. The topological polar surface area (TPSA) is 35.5 Å². The second kappa shape index (κ2) is 7.80. The minimum absolute atomic E-state index is 0.0116. The van der Waals surface area contributed by atoms with Crippen LogP contribution in [-0.4, -0.2) is 25.8 Å². The summed E-state index contributed by atoms with van der Waals surface area (Å²) in [6.07, 6.45) is 6.11. The van der Waals surface area contributed by atoms with E-state index in [0.717, 1.165) is 38.8 Å². The van der Waals surface area contributed by atoms with E-state index in [-0.39, 0.29) is 6.29 Å². The molecule has 0 spiro atoms. The molecule has 0 aliphatic carbocycles. The molecule has 3 atom stereocenters. The first-order valence-electron chi connectivity index (χ1n) is 6.39. The molecule has 94 valence electrons. The lowest BCUT2D eigenvalue weighted by atomic mass is 9.96. The molecule has 0 saturated carbocycles. The van der Waals surface area contributed by atoms with Crippen molar-refractivity contribution in [1.29, 1.82) is 0 Å². The Bertz CT molecular complexity index is 188. The third kappa shape index (κ3) is 5.61. The van der Waals surface area contributed by atoms with Crippen LogP contribution in [0.4, 0.5) is 0 Å². The van der Waals surface area contributed by atoms with Gasteiger partial charge in [-0.15, -0.1) is 0 Å². The molecule has 3 nitrogen and oxygen atoms in total. The summed E-state index contributed by atoms with van der Waals surface area (Å²) in [5.41, 5.74) is 0. The van der Waals surface area contributed by atoms with Crippen LogP contribution in [-0.2, 0) is 14.3 Å². The third-order valence-corrected chi connectivity index (χ3v) is 3.01. The van der Waals surface area contributed by atoms with Crippen molar-refractivity contribution in [2.45, 2.75) is 52.2 Å². The van der Waals surface area contributed by atoms with Crippen LogP contribution in [0.2, 0.25) is 0 Å². The van der Waals surface area contributed by atoms with Gasteiger partial charge in [0.05, 0.1) is 6.61 Å². The Morgan fingerprint density at radius 1 is 1.38 bits per heavy atom. The standard InChI is InChI=1S/C13H24O3/c1-11(6-7-14)9-12(2)10-16-13-5-3-4-8-15-13/h7,11-13H,3-6,8-10H2,1-2H3/t11-,12-,13?/m0/s1. The van der Waals surface area contributed by atoms with Crippen LogP contribution in [0.5, 0.6) is 0 Å². The van der Waals surface area contributed by atoms with Gasteiger partial charge in [-0.3, -0.25) is 0 Å². The second-order valence-corrected chi connectivity index (χ2v) is 4.98. The molecule has 0 aromatic heterocycles. The number of rotatable bonds is 7. The summed E-state index contributed by atoms with van der Waals surface area (Å²) >= 11 is 0. The Labute approximate surface area is 98.5 Å². The fourth-order valence-corrected chi connectivity index (χ4v) is 2.13. The van der Waals surface area contributed by atoms with E-state index in [0.29, 0.717) is 18.3 Å². The number of carbonyl (C=O) groups is 1. The smallest absolute Gasteiger partial charge is 0.157 e. The largest absolute Gasteiger partial charge is 0.353 e. The van der Waals surface area contributed by atoms with Crippen molar-refractivity contribution in [1.82, 2.24) is 0 Å². The molecule has 0 bridgehead atoms. The minimum Gasteiger partial charge on any atom is -0.353 e. The zero-order valence-electron chi connectivity index (χ0n) is 10.5.